The molecule has 0 unspecified atom stereocenters. The molecule has 0 spiro atoms. The molecule has 0 bridgehead atoms. The van der Waals surface area contributed by atoms with Crippen molar-refractivity contribution in [3.05, 3.63) is 97.9 Å². The molecule has 0 radical (unpaired) electrons. The Balaban J connectivity index is 2.12. The third kappa shape index (κ3) is 9.00. The maximum absolute atomic E-state index is 14.1. The van der Waals surface area contributed by atoms with Crippen LogP contribution in [-0.2, 0) is 32.6 Å². The van der Waals surface area contributed by atoms with Crippen LogP contribution in [0, 0.1) is 0 Å². The first-order valence-electron chi connectivity index (χ1n) is 12.8. The van der Waals surface area contributed by atoms with Crippen LogP contribution in [0.3, 0.4) is 0 Å². The molecule has 0 aromatic heterocycles. The molecular formula is C29H31Cl4N3O4S. The molecule has 0 aliphatic rings. The number of carbonyl (C=O) groups is 2. The molecule has 0 saturated carbocycles. The first-order valence-corrected chi connectivity index (χ1v) is 16.2. The van der Waals surface area contributed by atoms with E-state index in [1.807, 2.05) is 44.2 Å². The fourth-order valence-electron chi connectivity index (χ4n) is 4.10. The van der Waals surface area contributed by atoms with Gasteiger partial charge in [-0.15, -0.1) is 0 Å². The van der Waals surface area contributed by atoms with Gasteiger partial charge < -0.3 is 10.2 Å². The number of sulfonamides is 1. The lowest BCUT2D eigenvalue weighted by molar-refractivity contribution is -0.140. The van der Waals surface area contributed by atoms with Gasteiger partial charge in [0.2, 0.25) is 21.8 Å². The van der Waals surface area contributed by atoms with Gasteiger partial charge in [0.15, 0.2) is 0 Å². The fourth-order valence-corrected chi connectivity index (χ4v) is 5.75. The van der Waals surface area contributed by atoms with E-state index >= 15 is 0 Å². The second kappa shape index (κ2) is 14.6. The van der Waals surface area contributed by atoms with E-state index in [-0.39, 0.29) is 40.6 Å². The third-order valence-electron chi connectivity index (χ3n) is 6.53. The minimum atomic E-state index is -3.96. The summed E-state index contributed by atoms with van der Waals surface area (Å²) in [4.78, 5) is 29.2. The van der Waals surface area contributed by atoms with E-state index < -0.39 is 28.5 Å². The zero-order valence-electron chi connectivity index (χ0n) is 22.8. The summed E-state index contributed by atoms with van der Waals surface area (Å²) in [6, 6.07) is 17.3. The van der Waals surface area contributed by atoms with Gasteiger partial charge in [-0.1, -0.05) is 89.7 Å². The molecule has 0 aliphatic carbocycles. The first kappa shape index (κ1) is 33.0. The van der Waals surface area contributed by atoms with Crippen LogP contribution in [0.25, 0.3) is 0 Å². The van der Waals surface area contributed by atoms with Crippen molar-refractivity contribution >= 4 is 73.9 Å². The van der Waals surface area contributed by atoms with E-state index in [1.54, 1.807) is 18.2 Å². The van der Waals surface area contributed by atoms with E-state index in [2.05, 4.69) is 5.32 Å². The summed E-state index contributed by atoms with van der Waals surface area (Å²) in [7, 11) is -3.96. The molecule has 2 amide bonds. The van der Waals surface area contributed by atoms with Gasteiger partial charge in [-0.2, -0.15) is 0 Å². The lowest BCUT2D eigenvalue weighted by Crippen LogP contribution is -2.54. The Kier molecular flexibility index (Phi) is 11.8. The van der Waals surface area contributed by atoms with Crippen molar-refractivity contribution in [1.82, 2.24) is 10.2 Å². The van der Waals surface area contributed by atoms with Crippen molar-refractivity contribution in [2.45, 2.75) is 45.3 Å². The molecule has 0 saturated heterocycles. The Morgan fingerprint density at radius 2 is 1.51 bits per heavy atom. The number of hydrogen-bond acceptors (Lipinski definition) is 4. The van der Waals surface area contributed by atoms with Crippen LogP contribution in [0.15, 0.2) is 66.7 Å². The van der Waals surface area contributed by atoms with Crippen molar-refractivity contribution in [3.63, 3.8) is 0 Å². The SMILES string of the molecule is CC[C@H](C)NC(=O)[C@@H](Cc1ccccc1)N(Cc1c(Cl)cccc1Cl)C(=O)CN(c1ccc(Cl)c(Cl)c1)S(C)(=O)=O. The highest BCUT2D eigenvalue weighted by Gasteiger charge is 2.34. The van der Waals surface area contributed by atoms with Crippen molar-refractivity contribution in [3.8, 4) is 0 Å². The summed E-state index contributed by atoms with van der Waals surface area (Å²) >= 11 is 25.2. The van der Waals surface area contributed by atoms with E-state index in [9.17, 15) is 18.0 Å². The number of halogens is 4. The molecule has 41 heavy (non-hydrogen) atoms. The van der Waals surface area contributed by atoms with Gasteiger partial charge in [-0.25, -0.2) is 8.42 Å². The molecule has 12 heteroatoms. The minimum absolute atomic E-state index is 0.125. The Morgan fingerprint density at radius 3 is 2.07 bits per heavy atom. The van der Waals surface area contributed by atoms with E-state index in [4.69, 9.17) is 46.4 Å². The number of nitrogens with one attached hydrogen (secondary N) is 1. The Labute approximate surface area is 261 Å². The van der Waals surface area contributed by atoms with Crippen LogP contribution in [-0.4, -0.2) is 50.0 Å². The van der Waals surface area contributed by atoms with Crippen LogP contribution < -0.4 is 9.62 Å². The molecule has 0 aliphatic heterocycles. The molecule has 3 aromatic rings. The van der Waals surface area contributed by atoms with Crippen LogP contribution >= 0.6 is 46.4 Å². The lowest BCUT2D eigenvalue weighted by Gasteiger charge is -2.34. The summed E-state index contributed by atoms with van der Waals surface area (Å²) < 4.78 is 26.7. The summed E-state index contributed by atoms with van der Waals surface area (Å²) in [5, 5.41) is 3.93. The number of carbonyl (C=O) groups excluding carboxylic acids is 2. The zero-order chi connectivity index (χ0) is 30.3. The van der Waals surface area contributed by atoms with Crippen molar-refractivity contribution in [2.75, 3.05) is 17.1 Å². The number of amides is 2. The standard InChI is InChI=1S/C29H31Cl4N3O4S/c1-4-19(2)34-29(38)27(15-20-9-6-5-7-10-20)35(17-22-23(30)11-8-12-24(22)31)28(37)18-36(41(3,39)40)21-13-14-25(32)26(33)16-21/h5-14,16,19,27H,4,15,17-18H2,1-3H3,(H,34,38)/t19-,27+/m0/s1. The average Bonchev–Trinajstić information content (AvgIpc) is 2.92. The van der Waals surface area contributed by atoms with Crippen LogP contribution in [0.2, 0.25) is 20.1 Å². The maximum atomic E-state index is 14.1. The van der Waals surface area contributed by atoms with Crippen LogP contribution in [0.5, 0.6) is 0 Å². The number of rotatable bonds is 12. The second-order valence-electron chi connectivity index (χ2n) is 9.61. The molecule has 220 valence electrons. The highest BCUT2D eigenvalue weighted by Crippen LogP contribution is 2.30. The Bertz CT molecular complexity index is 1470. The second-order valence-corrected chi connectivity index (χ2v) is 13.1. The molecule has 0 heterocycles. The zero-order valence-corrected chi connectivity index (χ0v) is 26.6. The van der Waals surface area contributed by atoms with Gasteiger partial charge in [0.25, 0.3) is 0 Å². The fraction of sp³-hybridized carbons (Fsp3) is 0.310. The molecule has 7 nitrogen and oxygen atoms in total. The van der Waals surface area contributed by atoms with Gasteiger partial charge in [-0.05, 0) is 49.2 Å². The smallest absolute Gasteiger partial charge is 0.244 e. The molecular weight excluding hydrogens is 628 g/mol. The normalized spacial score (nSPS) is 12.9. The van der Waals surface area contributed by atoms with Gasteiger partial charge in [-0.3, -0.25) is 13.9 Å². The van der Waals surface area contributed by atoms with Crippen molar-refractivity contribution in [1.29, 1.82) is 0 Å². The van der Waals surface area contributed by atoms with Crippen molar-refractivity contribution in [2.24, 2.45) is 0 Å². The number of hydrogen-bond donors (Lipinski definition) is 1. The Morgan fingerprint density at radius 1 is 0.878 bits per heavy atom. The lowest BCUT2D eigenvalue weighted by atomic mass is 10.0. The quantitative estimate of drug-likeness (QED) is 0.237. The maximum Gasteiger partial charge on any atom is 0.244 e. The molecule has 1 N–H and O–H groups in total. The van der Waals surface area contributed by atoms with E-state index in [0.29, 0.717) is 22.0 Å². The molecule has 3 rings (SSSR count). The highest BCUT2D eigenvalue weighted by atomic mass is 35.5. The highest BCUT2D eigenvalue weighted by molar-refractivity contribution is 7.92. The van der Waals surface area contributed by atoms with Crippen molar-refractivity contribution < 1.29 is 18.0 Å². The molecule has 3 aromatic carbocycles. The largest absolute Gasteiger partial charge is 0.352 e. The predicted octanol–water partition coefficient (Wildman–Crippen LogP) is 6.62. The first-order chi connectivity index (χ1) is 19.3. The van der Waals surface area contributed by atoms with Crippen LogP contribution in [0.1, 0.15) is 31.4 Å². The number of nitrogens with zero attached hydrogens (tertiary/aromatic N) is 2. The van der Waals surface area contributed by atoms with E-state index in [0.717, 1.165) is 16.1 Å². The van der Waals surface area contributed by atoms with Crippen LogP contribution in [0.4, 0.5) is 5.69 Å². The predicted molar refractivity (Wildman–Crippen MR) is 167 cm³/mol. The van der Waals surface area contributed by atoms with Gasteiger partial charge >= 0.3 is 0 Å². The van der Waals surface area contributed by atoms with E-state index in [1.165, 1.54) is 23.1 Å². The third-order valence-corrected chi connectivity index (χ3v) is 9.12. The summed E-state index contributed by atoms with van der Waals surface area (Å²) in [6.07, 6.45) is 1.82. The van der Waals surface area contributed by atoms with Gasteiger partial charge in [0, 0.05) is 34.6 Å². The molecule has 0 fully saturated rings. The number of anilines is 1. The Hall–Kier alpha value is -2.49. The summed E-state index contributed by atoms with van der Waals surface area (Å²) in [5.74, 6) is -1.03. The summed E-state index contributed by atoms with van der Waals surface area (Å²) in [6.45, 7) is 3.05. The minimum Gasteiger partial charge on any atom is -0.352 e. The summed E-state index contributed by atoms with van der Waals surface area (Å²) in [5.41, 5.74) is 1.39. The van der Waals surface area contributed by atoms with Gasteiger partial charge in [0.1, 0.15) is 12.6 Å². The monoisotopic (exact) mass is 657 g/mol. The molecule has 2 atom stereocenters. The van der Waals surface area contributed by atoms with Gasteiger partial charge in [0.05, 0.1) is 22.0 Å². The average molecular weight is 659 g/mol. The number of benzene rings is 3. The topological polar surface area (TPSA) is 86.8 Å².